The summed E-state index contributed by atoms with van der Waals surface area (Å²) in [6.07, 6.45) is 0.301. The van der Waals surface area contributed by atoms with Crippen LogP contribution in [0.2, 0.25) is 0 Å². The van der Waals surface area contributed by atoms with Crippen LogP contribution in [-0.2, 0) is 4.79 Å². The molecule has 1 aromatic carbocycles. The molecule has 96 valence electrons. The van der Waals surface area contributed by atoms with Crippen molar-refractivity contribution in [2.24, 2.45) is 5.73 Å². The molecule has 1 aliphatic heterocycles. The summed E-state index contributed by atoms with van der Waals surface area (Å²) in [6, 6.07) is 5.12. The zero-order valence-electron chi connectivity index (χ0n) is 10.6. The lowest BCUT2D eigenvalue weighted by Gasteiger charge is -2.18. The topological polar surface area (TPSA) is 75.4 Å². The van der Waals surface area contributed by atoms with Crippen molar-refractivity contribution in [2.45, 2.75) is 26.3 Å². The lowest BCUT2D eigenvalue weighted by Crippen LogP contribution is -2.40. The molecule has 5 heteroatoms. The monoisotopic (exact) mass is 247 g/mol. The van der Waals surface area contributed by atoms with Gasteiger partial charge in [0.05, 0.1) is 6.04 Å². The number of nitrogens with one attached hydrogen (secondary N) is 1. The van der Waals surface area contributed by atoms with E-state index in [1.165, 1.54) is 5.56 Å². The van der Waals surface area contributed by atoms with Gasteiger partial charge in [0.25, 0.3) is 0 Å². The van der Waals surface area contributed by atoms with Gasteiger partial charge in [-0.3, -0.25) is 4.79 Å². The number of carbonyl (C=O) groups excluding carboxylic acids is 2. The number of hydrogen-bond acceptors (Lipinski definition) is 2. The van der Waals surface area contributed by atoms with E-state index >= 15 is 0 Å². The highest BCUT2D eigenvalue weighted by molar-refractivity contribution is 5.96. The molecule has 2 rings (SSSR count). The summed E-state index contributed by atoms with van der Waals surface area (Å²) in [4.78, 5) is 24.4. The second-order valence-corrected chi connectivity index (χ2v) is 4.68. The first kappa shape index (κ1) is 12.4. The number of hydrogen-bond donors (Lipinski definition) is 2. The van der Waals surface area contributed by atoms with Crippen molar-refractivity contribution in [1.82, 2.24) is 5.32 Å². The number of anilines is 1. The highest BCUT2D eigenvalue weighted by Gasteiger charge is 2.31. The van der Waals surface area contributed by atoms with Gasteiger partial charge in [-0.25, -0.2) is 4.79 Å². The number of urea groups is 1. The van der Waals surface area contributed by atoms with E-state index in [9.17, 15) is 9.59 Å². The molecule has 0 unspecified atom stereocenters. The van der Waals surface area contributed by atoms with Gasteiger partial charge in [0.15, 0.2) is 0 Å². The van der Waals surface area contributed by atoms with Crippen LogP contribution in [0.4, 0.5) is 10.5 Å². The smallest absolute Gasteiger partial charge is 0.312 e. The molecule has 1 aromatic rings. The Labute approximate surface area is 106 Å². The minimum atomic E-state index is -0.588. The molecule has 1 saturated heterocycles. The Balaban J connectivity index is 2.16. The van der Waals surface area contributed by atoms with Crippen LogP contribution in [0.25, 0.3) is 0 Å². The Morgan fingerprint density at radius 3 is 2.72 bits per heavy atom. The summed E-state index contributed by atoms with van der Waals surface area (Å²) in [7, 11) is 0. The average Bonchev–Trinajstić information content (AvgIpc) is 2.62. The fraction of sp³-hybridized carbons (Fsp3) is 0.385. The van der Waals surface area contributed by atoms with Gasteiger partial charge >= 0.3 is 6.03 Å². The van der Waals surface area contributed by atoms with E-state index in [-0.39, 0.29) is 11.9 Å². The van der Waals surface area contributed by atoms with Gasteiger partial charge in [0.1, 0.15) is 0 Å². The molecule has 1 atom stereocenters. The van der Waals surface area contributed by atoms with Crippen molar-refractivity contribution in [2.75, 3.05) is 11.4 Å². The van der Waals surface area contributed by atoms with Gasteiger partial charge in [-0.1, -0.05) is 6.07 Å². The molecule has 0 spiro atoms. The molecule has 1 heterocycles. The minimum Gasteiger partial charge on any atom is -0.352 e. The second kappa shape index (κ2) is 4.68. The van der Waals surface area contributed by atoms with Crippen LogP contribution in [0.3, 0.4) is 0 Å². The first-order valence-electron chi connectivity index (χ1n) is 5.91. The Hall–Kier alpha value is -2.04. The maximum absolute atomic E-state index is 11.9. The number of nitrogens with two attached hydrogens (primary N) is 1. The predicted octanol–water partition coefficient (Wildman–Crippen LogP) is 1.08. The van der Waals surface area contributed by atoms with Gasteiger partial charge < -0.3 is 16.0 Å². The maximum Gasteiger partial charge on any atom is 0.312 e. The molecule has 1 fully saturated rings. The van der Waals surface area contributed by atoms with E-state index in [0.717, 1.165) is 11.3 Å². The third-order valence-corrected chi connectivity index (χ3v) is 3.27. The maximum atomic E-state index is 11.9. The molecule has 0 aliphatic carbocycles. The Bertz CT molecular complexity index is 499. The minimum absolute atomic E-state index is 0.0111. The van der Waals surface area contributed by atoms with E-state index < -0.39 is 6.03 Å². The highest BCUT2D eigenvalue weighted by atomic mass is 16.2. The summed E-state index contributed by atoms with van der Waals surface area (Å²) >= 11 is 0. The largest absolute Gasteiger partial charge is 0.352 e. The number of nitrogens with zero attached hydrogens (tertiary/aromatic N) is 1. The van der Waals surface area contributed by atoms with Gasteiger partial charge in [0.2, 0.25) is 5.91 Å². The lowest BCUT2D eigenvalue weighted by molar-refractivity contribution is -0.117. The van der Waals surface area contributed by atoms with E-state index in [4.69, 9.17) is 5.73 Å². The van der Waals surface area contributed by atoms with E-state index in [1.54, 1.807) is 4.90 Å². The van der Waals surface area contributed by atoms with Crippen molar-refractivity contribution in [1.29, 1.82) is 0 Å². The third kappa shape index (κ3) is 2.45. The zero-order chi connectivity index (χ0) is 13.3. The molecule has 5 nitrogen and oxygen atoms in total. The van der Waals surface area contributed by atoms with Crippen molar-refractivity contribution in [3.63, 3.8) is 0 Å². The van der Waals surface area contributed by atoms with Crippen molar-refractivity contribution in [3.05, 3.63) is 29.3 Å². The standard InChI is InChI=1S/C13H17N3O2/c1-8-3-4-11(5-9(8)2)16-7-10(6-12(16)17)15-13(14)18/h3-5,10H,6-7H2,1-2H3,(H3,14,15,18)/t10-/m1/s1. The number of amides is 3. The summed E-state index contributed by atoms with van der Waals surface area (Å²) in [6.45, 7) is 4.52. The first-order chi connectivity index (χ1) is 8.47. The highest BCUT2D eigenvalue weighted by Crippen LogP contribution is 2.23. The molecule has 3 N–H and O–H groups in total. The number of primary amides is 1. The summed E-state index contributed by atoms with van der Waals surface area (Å²) in [5.74, 6) is 0.0111. The zero-order valence-corrected chi connectivity index (χ0v) is 10.6. The molecule has 0 bridgehead atoms. The molecule has 18 heavy (non-hydrogen) atoms. The molecule has 0 aromatic heterocycles. The Kier molecular flexibility index (Phi) is 3.23. The predicted molar refractivity (Wildman–Crippen MR) is 69.4 cm³/mol. The van der Waals surface area contributed by atoms with Crippen molar-refractivity contribution >= 4 is 17.6 Å². The van der Waals surface area contributed by atoms with Gasteiger partial charge in [-0.2, -0.15) is 0 Å². The molecule has 0 saturated carbocycles. The van der Waals surface area contributed by atoms with Gasteiger partial charge in [-0.05, 0) is 37.1 Å². The molecule has 3 amide bonds. The van der Waals surface area contributed by atoms with Crippen LogP contribution in [-0.4, -0.2) is 24.5 Å². The van der Waals surface area contributed by atoms with Crippen LogP contribution < -0.4 is 16.0 Å². The molecular formula is C13H17N3O2. The van der Waals surface area contributed by atoms with Crippen LogP contribution >= 0.6 is 0 Å². The summed E-state index contributed by atoms with van der Waals surface area (Å²) in [5, 5.41) is 2.57. The summed E-state index contributed by atoms with van der Waals surface area (Å²) in [5.41, 5.74) is 8.27. The Morgan fingerprint density at radius 2 is 2.11 bits per heavy atom. The lowest BCUT2D eigenvalue weighted by atomic mass is 10.1. The average molecular weight is 247 g/mol. The van der Waals surface area contributed by atoms with Crippen LogP contribution in [0, 0.1) is 13.8 Å². The van der Waals surface area contributed by atoms with E-state index in [2.05, 4.69) is 5.32 Å². The number of benzene rings is 1. The second-order valence-electron chi connectivity index (χ2n) is 4.68. The van der Waals surface area contributed by atoms with E-state index in [0.29, 0.717) is 13.0 Å². The number of carbonyl (C=O) groups is 2. The normalized spacial score (nSPS) is 19.1. The molecule has 1 aliphatic rings. The fourth-order valence-electron chi connectivity index (χ4n) is 2.15. The van der Waals surface area contributed by atoms with Gasteiger partial charge in [0, 0.05) is 18.7 Å². The van der Waals surface area contributed by atoms with Crippen molar-refractivity contribution in [3.8, 4) is 0 Å². The number of aryl methyl sites for hydroxylation is 2. The summed E-state index contributed by atoms with van der Waals surface area (Å²) < 4.78 is 0. The first-order valence-corrected chi connectivity index (χ1v) is 5.91. The third-order valence-electron chi connectivity index (χ3n) is 3.27. The Morgan fingerprint density at radius 1 is 1.39 bits per heavy atom. The van der Waals surface area contributed by atoms with Crippen LogP contribution in [0.15, 0.2) is 18.2 Å². The quantitative estimate of drug-likeness (QED) is 0.820. The number of rotatable bonds is 2. The molecular weight excluding hydrogens is 230 g/mol. The van der Waals surface area contributed by atoms with Crippen molar-refractivity contribution < 1.29 is 9.59 Å². The molecule has 0 radical (unpaired) electrons. The van der Waals surface area contributed by atoms with Gasteiger partial charge in [-0.15, -0.1) is 0 Å². The SMILES string of the molecule is Cc1ccc(N2C[C@H](NC(N)=O)CC2=O)cc1C. The fourth-order valence-corrected chi connectivity index (χ4v) is 2.15. The van der Waals surface area contributed by atoms with Crippen LogP contribution in [0.5, 0.6) is 0 Å². The van der Waals surface area contributed by atoms with Crippen LogP contribution in [0.1, 0.15) is 17.5 Å². The van der Waals surface area contributed by atoms with E-state index in [1.807, 2.05) is 32.0 Å².